The maximum atomic E-state index is 4.54. The minimum atomic E-state index is 0.0728. The minimum absolute atomic E-state index is 0.0728. The van der Waals surface area contributed by atoms with E-state index in [4.69, 9.17) is 0 Å². The van der Waals surface area contributed by atoms with Crippen LogP contribution in [0.3, 0.4) is 0 Å². The van der Waals surface area contributed by atoms with Crippen LogP contribution in [0, 0.1) is 0 Å². The van der Waals surface area contributed by atoms with E-state index >= 15 is 0 Å². The molecule has 0 spiro atoms. The number of rotatable bonds is 6. The summed E-state index contributed by atoms with van der Waals surface area (Å²) in [5.41, 5.74) is 2.42. The molecule has 0 aliphatic heterocycles. The van der Waals surface area contributed by atoms with Crippen molar-refractivity contribution in [2.75, 3.05) is 37.8 Å². The maximum Gasteiger partial charge on any atom is 0.224 e. The van der Waals surface area contributed by atoms with Crippen LogP contribution in [0.25, 0.3) is 0 Å². The Balaban J connectivity index is 2.12. The van der Waals surface area contributed by atoms with Crippen molar-refractivity contribution in [1.29, 1.82) is 0 Å². The summed E-state index contributed by atoms with van der Waals surface area (Å²) in [5, 5.41) is 6.66. The van der Waals surface area contributed by atoms with Gasteiger partial charge in [-0.1, -0.05) is 39.0 Å². The molecule has 0 amide bonds. The third kappa shape index (κ3) is 5.21. The van der Waals surface area contributed by atoms with Gasteiger partial charge in [-0.3, -0.25) is 0 Å². The number of para-hydroxylation sites is 1. The van der Waals surface area contributed by atoms with Crippen LogP contribution < -0.4 is 10.6 Å². The zero-order valence-corrected chi connectivity index (χ0v) is 14.7. The molecule has 0 unspecified atom stereocenters. The van der Waals surface area contributed by atoms with Crippen molar-refractivity contribution >= 4 is 17.5 Å². The van der Waals surface area contributed by atoms with Gasteiger partial charge < -0.3 is 15.5 Å². The van der Waals surface area contributed by atoms with Crippen LogP contribution in [-0.2, 0) is 5.41 Å². The molecule has 0 atom stereocenters. The molecule has 5 nitrogen and oxygen atoms in total. The quantitative estimate of drug-likeness (QED) is 0.855. The van der Waals surface area contributed by atoms with E-state index in [-0.39, 0.29) is 5.41 Å². The molecule has 124 valence electrons. The van der Waals surface area contributed by atoms with Crippen molar-refractivity contribution in [3.05, 3.63) is 42.1 Å². The van der Waals surface area contributed by atoms with Crippen molar-refractivity contribution in [1.82, 2.24) is 14.9 Å². The lowest BCUT2D eigenvalue weighted by Gasteiger charge is -2.23. The topological polar surface area (TPSA) is 53.1 Å². The number of anilines is 3. The smallest absolute Gasteiger partial charge is 0.224 e. The highest BCUT2D eigenvalue weighted by atomic mass is 15.2. The zero-order valence-electron chi connectivity index (χ0n) is 14.7. The highest BCUT2D eigenvalue weighted by Gasteiger charge is 2.17. The molecule has 0 saturated carbocycles. The lowest BCUT2D eigenvalue weighted by Crippen LogP contribution is -2.21. The van der Waals surface area contributed by atoms with Gasteiger partial charge in [-0.2, -0.15) is 4.98 Å². The van der Waals surface area contributed by atoms with Crippen LogP contribution in [0.15, 0.2) is 36.5 Å². The van der Waals surface area contributed by atoms with Gasteiger partial charge in [0.1, 0.15) is 5.82 Å². The molecule has 0 aliphatic carbocycles. The molecule has 0 radical (unpaired) electrons. The van der Waals surface area contributed by atoms with Gasteiger partial charge in [0, 0.05) is 25.0 Å². The third-order valence-electron chi connectivity index (χ3n) is 3.50. The summed E-state index contributed by atoms with van der Waals surface area (Å²) >= 11 is 0. The minimum Gasteiger partial charge on any atom is -0.353 e. The normalized spacial score (nSPS) is 11.6. The molecule has 2 aromatic rings. The molecular formula is C18H27N5. The van der Waals surface area contributed by atoms with Crippen LogP contribution in [0.5, 0.6) is 0 Å². The molecule has 23 heavy (non-hydrogen) atoms. The predicted molar refractivity (Wildman–Crippen MR) is 97.5 cm³/mol. The highest BCUT2D eigenvalue weighted by Crippen LogP contribution is 2.30. The summed E-state index contributed by atoms with van der Waals surface area (Å²) in [6.45, 7) is 8.38. The van der Waals surface area contributed by atoms with Gasteiger partial charge in [0.2, 0.25) is 5.95 Å². The Hall–Kier alpha value is -2.14. The lowest BCUT2D eigenvalue weighted by atomic mass is 9.86. The van der Waals surface area contributed by atoms with E-state index < -0.39 is 0 Å². The Morgan fingerprint density at radius 1 is 1.09 bits per heavy atom. The van der Waals surface area contributed by atoms with Crippen LogP contribution in [0.1, 0.15) is 26.3 Å². The Bertz CT molecular complexity index is 631. The molecule has 0 saturated heterocycles. The first kappa shape index (κ1) is 17.2. The van der Waals surface area contributed by atoms with E-state index in [0.717, 1.165) is 24.6 Å². The number of hydrogen-bond acceptors (Lipinski definition) is 5. The molecule has 1 aromatic heterocycles. The lowest BCUT2D eigenvalue weighted by molar-refractivity contribution is 0.425. The fourth-order valence-electron chi connectivity index (χ4n) is 2.29. The number of benzene rings is 1. The highest BCUT2D eigenvalue weighted by molar-refractivity contribution is 5.62. The molecule has 0 aliphatic rings. The molecule has 5 heteroatoms. The standard InChI is InChI=1S/C18H27N5/c1-18(2,3)14-8-6-7-9-15(14)21-16-10-11-19-17(22-16)20-12-13-23(4)5/h6-11H,12-13H2,1-5H3,(H2,19,20,21,22). The first-order chi connectivity index (χ1) is 10.9. The van der Waals surface area contributed by atoms with Crippen LogP contribution in [-0.4, -0.2) is 42.1 Å². The van der Waals surface area contributed by atoms with Gasteiger partial charge in [-0.25, -0.2) is 4.98 Å². The van der Waals surface area contributed by atoms with E-state index in [2.05, 4.69) is 64.5 Å². The predicted octanol–water partition coefficient (Wildman–Crippen LogP) is 3.49. The van der Waals surface area contributed by atoms with Crippen LogP contribution in [0.2, 0.25) is 0 Å². The summed E-state index contributed by atoms with van der Waals surface area (Å²) < 4.78 is 0. The van der Waals surface area contributed by atoms with E-state index in [1.807, 2.05) is 26.2 Å². The first-order valence-corrected chi connectivity index (χ1v) is 7.94. The zero-order chi connectivity index (χ0) is 16.9. The fourth-order valence-corrected chi connectivity index (χ4v) is 2.29. The first-order valence-electron chi connectivity index (χ1n) is 7.94. The second kappa shape index (κ2) is 7.42. The van der Waals surface area contributed by atoms with Crippen LogP contribution in [0.4, 0.5) is 17.5 Å². The fraction of sp³-hybridized carbons (Fsp3) is 0.444. The van der Waals surface area contributed by atoms with Crippen molar-refractivity contribution in [2.45, 2.75) is 26.2 Å². The Morgan fingerprint density at radius 3 is 2.52 bits per heavy atom. The molecule has 2 N–H and O–H groups in total. The third-order valence-corrected chi connectivity index (χ3v) is 3.50. The number of likely N-dealkylation sites (N-methyl/N-ethyl adjacent to an activating group) is 1. The van der Waals surface area contributed by atoms with E-state index in [1.54, 1.807) is 6.20 Å². The van der Waals surface area contributed by atoms with Gasteiger partial charge in [0.15, 0.2) is 0 Å². The monoisotopic (exact) mass is 313 g/mol. The SMILES string of the molecule is CN(C)CCNc1nccc(Nc2ccccc2C(C)(C)C)n1. The summed E-state index contributed by atoms with van der Waals surface area (Å²) in [6.07, 6.45) is 1.77. The average Bonchev–Trinajstić information content (AvgIpc) is 2.47. The number of hydrogen-bond donors (Lipinski definition) is 2. The van der Waals surface area contributed by atoms with Gasteiger partial charge in [0.25, 0.3) is 0 Å². The second-order valence-electron chi connectivity index (χ2n) is 6.92. The molecule has 1 aromatic carbocycles. The van der Waals surface area contributed by atoms with Gasteiger partial charge >= 0.3 is 0 Å². The Labute approximate surface area is 139 Å². The number of aromatic nitrogens is 2. The van der Waals surface area contributed by atoms with Crippen molar-refractivity contribution in [2.24, 2.45) is 0 Å². The molecule has 1 heterocycles. The average molecular weight is 313 g/mol. The van der Waals surface area contributed by atoms with Gasteiger partial charge in [-0.05, 0) is 37.2 Å². The maximum absolute atomic E-state index is 4.54. The number of nitrogens with one attached hydrogen (secondary N) is 2. The van der Waals surface area contributed by atoms with E-state index in [1.165, 1.54) is 5.56 Å². The summed E-state index contributed by atoms with van der Waals surface area (Å²) in [6, 6.07) is 10.2. The Morgan fingerprint density at radius 2 is 1.83 bits per heavy atom. The second-order valence-corrected chi connectivity index (χ2v) is 6.92. The largest absolute Gasteiger partial charge is 0.353 e. The number of nitrogens with zero attached hydrogens (tertiary/aromatic N) is 3. The van der Waals surface area contributed by atoms with E-state index in [0.29, 0.717) is 5.95 Å². The van der Waals surface area contributed by atoms with Crippen molar-refractivity contribution < 1.29 is 0 Å². The summed E-state index contributed by atoms with van der Waals surface area (Å²) in [7, 11) is 4.09. The molecule has 2 rings (SSSR count). The van der Waals surface area contributed by atoms with Crippen LogP contribution >= 0.6 is 0 Å². The molecule has 0 fully saturated rings. The van der Waals surface area contributed by atoms with Crippen molar-refractivity contribution in [3.63, 3.8) is 0 Å². The van der Waals surface area contributed by atoms with Gasteiger partial charge in [0.05, 0.1) is 0 Å². The van der Waals surface area contributed by atoms with Gasteiger partial charge in [-0.15, -0.1) is 0 Å². The molecule has 0 bridgehead atoms. The Kier molecular flexibility index (Phi) is 5.55. The summed E-state index contributed by atoms with van der Waals surface area (Å²) in [4.78, 5) is 10.9. The van der Waals surface area contributed by atoms with E-state index in [9.17, 15) is 0 Å². The van der Waals surface area contributed by atoms with Crippen molar-refractivity contribution in [3.8, 4) is 0 Å². The molecular weight excluding hydrogens is 286 g/mol. The summed E-state index contributed by atoms with van der Waals surface area (Å²) in [5.74, 6) is 1.44.